The lowest BCUT2D eigenvalue weighted by atomic mass is 10.1. The first kappa shape index (κ1) is 23.1. The number of nitrogens with zero attached hydrogens (tertiary/aromatic N) is 2. The minimum Gasteiger partial charge on any atom is -0.496 e. The Kier molecular flexibility index (Phi) is 8.81. The summed E-state index contributed by atoms with van der Waals surface area (Å²) in [5.74, 6) is 3.14. The van der Waals surface area contributed by atoms with Gasteiger partial charge in [-0.1, -0.05) is 12.1 Å². The Morgan fingerprint density at radius 2 is 2.00 bits per heavy atom. The topological polar surface area (TPSA) is 77.0 Å². The molecule has 29 heavy (non-hydrogen) atoms. The van der Waals surface area contributed by atoms with Gasteiger partial charge in [0.25, 0.3) is 0 Å². The fourth-order valence-corrected chi connectivity index (χ4v) is 3.10. The molecule has 2 N–H and O–H groups in total. The highest BCUT2D eigenvalue weighted by molar-refractivity contribution is 14.0. The smallest absolute Gasteiger partial charge is 0.191 e. The summed E-state index contributed by atoms with van der Waals surface area (Å²) < 4.78 is 17.2. The molecule has 0 spiro atoms. The summed E-state index contributed by atoms with van der Waals surface area (Å²) in [6.45, 7) is 8.34. The number of methoxy groups -OCH3 is 1. The summed E-state index contributed by atoms with van der Waals surface area (Å²) in [7, 11) is 1.68. The highest BCUT2D eigenvalue weighted by Gasteiger charge is 2.20. The molecule has 0 saturated carbocycles. The molecule has 1 aromatic heterocycles. The van der Waals surface area contributed by atoms with Crippen LogP contribution in [0.25, 0.3) is 0 Å². The SMILES string of the molecule is CCNC(=NCc1ncc(C)c(OC)c1C)NCC1COc2ccccc2O1.I. The van der Waals surface area contributed by atoms with E-state index in [2.05, 4.69) is 20.6 Å². The maximum absolute atomic E-state index is 5.99. The lowest BCUT2D eigenvalue weighted by molar-refractivity contribution is 0.0936. The number of rotatable bonds is 6. The Labute approximate surface area is 189 Å². The van der Waals surface area contributed by atoms with Crippen LogP contribution in [-0.4, -0.2) is 43.9 Å². The maximum Gasteiger partial charge on any atom is 0.191 e. The molecular formula is C21H29IN4O3. The molecule has 2 aromatic rings. The van der Waals surface area contributed by atoms with Gasteiger partial charge in [0.2, 0.25) is 0 Å². The van der Waals surface area contributed by atoms with Gasteiger partial charge in [0.15, 0.2) is 17.5 Å². The molecule has 3 rings (SSSR count). The number of aryl methyl sites for hydroxylation is 1. The van der Waals surface area contributed by atoms with Crippen LogP contribution in [0.5, 0.6) is 17.2 Å². The zero-order chi connectivity index (χ0) is 19.9. The van der Waals surface area contributed by atoms with Gasteiger partial charge in [-0.05, 0) is 32.9 Å². The van der Waals surface area contributed by atoms with E-state index in [1.165, 1.54) is 0 Å². The summed E-state index contributed by atoms with van der Waals surface area (Å²) in [5, 5.41) is 6.58. The first-order valence-electron chi connectivity index (χ1n) is 9.52. The molecule has 0 saturated heterocycles. The number of pyridine rings is 1. The second-order valence-corrected chi connectivity index (χ2v) is 6.62. The maximum atomic E-state index is 5.99. The molecule has 2 heterocycles. The van der Waals surface area contributed by atoms with E-state index in [0.29, 0.717) is 25.7 Å². The van der Waals surface area contributed by atoms with Gasteiger partial charge in [0.1, 0.15) is 18.5 Å². The molecule has 0 fully saturated rings. The monoisotopic (exact) mass is 512 g/mol. The van der Waals surface area contributed by atoms with Crippen molar-refractivity contribution in [3.63, 3.8) is 0 Å². The number of aliphatic imine (C=N–C) groups is 1. The Morgan fingerprint density at radius 1 is 1.24 bits per heavy atom. The first-order valence-corrected chi connectivity index (χ1v) is 9.52. The van der Waals surface area contributed by atoms with Crippen LogP contribution in [0.4, 0.5) is 0 Å². The molecule has 1 aromatic carbocycles. The van der Waals surface area contributed by atoms with Crippen LogP contribution in [0.2, 0.25) is 0 Å². The molecular weight excluding hydrogens is 483 g/mol. The predicted molar refractivity (Wildman–Crippen MR) is 125 cm³/mol. The van der Waals surface area contributed by atoms with E-state index in [1.807, 2.05) is 51.2 Å². The van der Waals surface area contributed by atoms with Gasteiger partial charge in [-0.15, -0.1) is 24.0 Å². The van der Waals surface area contributed by atoms with Crippen LogP contribution in [0.1, 0.15) is 23.7 Å². The number of guanidine groups is 1. The largest absolute Gasteiger partial charge is 0.496 e. The lowest BCUT2D eigenvalue weighted by Gasteiger charge is -2.27. The van der Waals surface area contributed by atoms with Crippen molar-refractivity contribution in [3.05, 3.63) is 47.3 Å². The Hall–Kier alpha value is -2.23. The van der Waals surface area contributed by atoms with E-state index in [4.69, 9.17) is 14.2 Å². The molecule has 0 radical (unpaired) electrons. The number of fused-ring (bicyclic) bond motifs is 1. The average Bonchev–Trinajstić information content (AvgIpc) is 2.71. The zero-order valence-corrected chi connectivity index (χ0v) is 19.7. The molecule has 158 valence electrons. The average molecular weight is 512 g/mol. The van der Waals surface area contributed by atoms with Gasteiger partial charge in [-0.25, -0.2) is 4.99 Å². The van der Waals surface area contributed by atoms with Gasteiger partial charge in [-0.2, -0.15) is 0 Å². The Morgan fingerprint density at radius 3 is 2.72 bits per heavy atom. The Bertz CT molecular complexity index is 845. The summed E-state index contributed by atoms with van der Waals surface area (Å²) in [4.78, 5) is 9.16. The molecule has 7 nitrogen and oxygen atoms in total. The van der Waals surface area contributed by atoms with E-state index < -0.39 is 0 Å². The standard InChI is InChI=1S/C21H28N4O3.HI/c1-5-22-21(25-12-17-15(3)20(26-4)14(2)10-23-17)24-11-16-13-27-18-8-6-7-9-19(18)28-16;/h6-10,16H,5,11-13H2,1-4H3,(H2,22,24,25);1H. The van der Waals surface area contributed by atoms with Crippen LogP contribution >= 0.6 is 24.0 Å². The molecule has 8 heteroatoms. The minimum atomic E-state index is -0.0851. The van der Waals surface area contributed by atoms with Crippen molar-refractivity contribution in [3.8, 4) is 17.2 Å². The summed E-state index contributed by atoms with van der Waals surface area (Å²) in [6, 6.07) is 7.71. The van der Waals surface area contributed by atoms with Gasteiger partial charge in [0.05, 0.1) is 25.9 Å². The second kappa shape index (κ2) is 11.1. The highest BCUT2D eigenvalue weighted by atomic mass is 127. The predicted octanol–water partition coefficient (Wildman–Crippen LogP) is 3.22. The van der Waals surface area contributed by atoms with Crippen molar-refractivity contribution in [1.82, 2.24) is 15.6 Å². The van der Waals surface area contributed by atoms with Crippen LogP contribution in [0.15, 0.2) is 35.5 Å². The molecule has 0 bridgehead atoms. The van der Waals surface area contributed by atoms with Gasteiger partial charge in [0, 0.05) is 23.9 Å². The zero-order valence-electron chi connectivity index (χ0n) is 17.3. The summed E-state index contributed by atoms with van der Waals surface area (Å²) >= 11 is 0. The van der Waals surface area contributed by atoms with Crippen LogP contribution < -0.4 is 24.8 Å². The number of halogens is 1. The van der Waals surface area contributed by atoms with Crippen molar-refractivity contribution < 1.29 is 14.2 Å². The normalized spacial score (nSPS) is 15.3. The molecule has 1 aliphatic heterocycles. The summed E-state index contributed by atoms with van der Waals surface area (Å²) in [6.07, 6.45) is 1.74. The summed E-state index contributed by atoms with van der Waals surface area (Å²) in [5.41, 5.74) is 2.93. The number of aromatic nitrogens is 1. The second-order valence-electron chi connectivity index (χ2n) is 6.62. The van der Waals surface area contributed by atoms with Gasteiger partial charge in [-0.3, -0.25) is 4.98 Å². The van der Waals surface area contributed by atoms with Crippen molar-refractivity contribution >= 4 is 29.9 Å². The number of para-hydroxylation sites is 2. The number of nitrogens with one attached hydrogen (secondary N) is 2. The van der Waals surface area contributed by atoms with Crippen molar-refractivity contribution in [2.24, 2.45) is 4.99 Å². The third-order valence-electron chi connectivity index (χ3n) is 4.55. The van der Waals surface area contributed by atoms with E-state index >= 15 is 0 Å². The Balaban J connectivity index is 0.00000300. The van der Waals surface area contributed by atoms with Crippen LogP contribution in [-0.2, 0) is 6.54 Å². The third kappa shape index (κ3) is 5.88. The molecule has 0 amide bonds. The first-order chi connectivity index (χ1) is 13.6. The van der Waals surface area contributed by atoms with E-state index in [0.717, 1.165) is 40.6 Å². The van der Waals surface area contributed by atoms with Gasteiger partial charge < -0.3 is 24.8 Å². The number of ether oxygens (including phenoxy) is 3. The molecule has 0 aliphatic carbocycles. The van der Waals surface area contributed by atoms with Crippen molar-refractivity contribution in [2.75, 3.05) is 26.8 Å². The fourth-order valence-electron chi connectivity index (χ4n) is 3.10. The molecule has 1 unspecified atom stereocenters. The lowest BCUT2D eigenvalue weighted by Crippen LogP contribution is -2.45. The van der Waals surface area contributed by atoms with E-state index in [1.54, 1.807) is 7.11 Å². The number of hydrogen-bond acceptors (Lipinski definition) is 5. The molecule has 1 aliphatic rings. The fraction of sp³-hybridized carbons (Fsp3) is 0.429. The number of benzene rings is 1. The highest BCUT2D eigenvalue weighted by Crippen LogP contribution is 2.30. The van der Waals surface area contributed by atoms with Crippen molar-refractivity contribution in [2.45, 2.75) is 33.4 Å². The van der Waals surface area contributed by atoms with Gasteiger partial charge >= 0.3 is 0 Å². The molecule has 1 atom stereocenters. The number of hydrogen-bond donors (Lipinski definition) is 2. The van der Waals surface area contributed by atoms with Crippen LogP contribution in [0.3, 0.4) is 0 Å². The van der Waals surface area contributed by atoms with E-state index in [9.17, 15) is 0 Å². The van der Waals surface area contributed by atoms with E-state index in [-0.39, 0.29) is 30.1 Å². The quantitative estimate of drug-likeness (QED) is 0.352. The van der Waals surface area contributed by atoms with Crippen molar-refractivity contribution in [1.29, 1.82) is 0 Å². The van der Waals surface area contributed by atoms with Crippen LogP contribution in [0, 0.1) is 13.8 Å². The minimum absolute atomic E-state index is 0. The third-order valence-corrected chi connectivity index (χ3v) is 4.55.